The lowest BCUT2D eigenvalue weighted by Crippen LogP contribution is -2.49. The summed E-state index contributed by atoms with van der Waals surface area (Å²) in [5.74, 6) is 1.28. The number of amides is 1. The molecule has 1 amide bonds. The first-order chi connectivity index (χ1) is 11.8. The van der Waals surface area contributed by atoms with E-state index in [1.807, 2.05) is 10.3 Å². The Bertz CT molecular complexity index is 676. The molecule has 0 saturated carbocycles. The maximum absolute atomic E-state index is 12.3. The van der Waals surface area contributed by atoms with Crippen LogP contribution >= 0.6 is 36.2 Å². The van der Waals surface area contributed by atoms with E-state index in [1.165, 1.54) is 0 Å². The van der Waals surface area contributed by atoms with Crippen molar-refractivity contribution in [2.24, 2.45) is 5.73 Å². The number of halogens is 2. The SMILES string of the molecule is Cl.Cl.NCCCCCCC(=O)N1CCN(c2ncnc3sccc23)CC1. The lowest BCUT2D eigenvalue weighted by atomic mass is 10.1. The van der Waals surface area contributed by atoms with Crippen LogP contribution in [0.25, 0.3) is 10.2 Å². The van der Waals surface area contributed by atoms with Crippen molar-refractivity contribution in [2.45, 2.75) is 32.1 Å². The number of hydrogen-bond donors (Lipinski definition) is 1. The quantitative estimate of drug-likeness (QED) is 0.697. The molecule has 6 nitrogen and oxygen atoms in total. The molecular weight excluding hydrogens is 393 g/mol. The number of nitrogens with zero attached hydrogens (tertiary/aromatic N) is 4. The smallest absolute Gasteiger partial charge is 0.222 e. The Hall–Kier alpha value is -1.15. The fourth-order valence-corrected chi connectivity index (χ4v) is 3.86. The molecule has 3 heterocycles. The Balaban J connectivity index is 0.00000169. The standard InChI is InChI=1S/C17H25N5OS.2ClH/c18-7-4-2-1-3-5-15(23)21-8-10-22(11-9-21)16-14-6-12-24-17(14)20-13-19-16;;/h6,12-13H,1-5,7-11,18H2;2*1H. The lowest BCUT2D eigenvalue weighted by Gasteiger charge is -2.35. The van der Waals surface area contributed by atoms with Crippen molar-refractivity contribution in [3.8, 4) is 0 Å². The summed E-state index contributed by atoms with van der Waals surface area (Å²) in [6.07, 6.45) is 6.55. The van der Waals surface area contributed by atoms with Crippen LogP contribution in [0.4, 0.5) is 5.82 Å². The van der Waals surface area contributed by atoms with Gasteiger partial charge in [-0.2, -0.15) is 0 Å². The molecule has 26 heavy (non-hydrogen) atoms. The predicted octanol–water partition coefficient (Wildman–Crippen LogP) is 3.09. The monoisotopic (exact) mass is 419 g/mol. The van der Waals surface area contributed by atoms with E-state index in [1.54, 1.807) is 17.7 Å². The molecular formula is C17H27Cl2N5OS. The Labute approximate surface area is 171 Å². The summed E-state index contributed by atoms with van der Waals surface area (Å²) in [7, 11) is 0. The van der Waals surface area contributed by atoms with Crippen molar-refractivity contribution in [3.05, 3.63) is 17.8 Å². The second-order valence-corrected chi connectivity index (χ2v) is 7.05. The molecule has 1 aliphatic rings. The second-order valence-electron chi connectivity index (χ2n) is 6.16. The van der Waals surface area contributed by atoms with Gasteiger partial charge in [0, 0.05) is 32.6 Å². The van der Waals surface area contributed by atoms with Gasteiger partial charge in [0.25, 0.3) is 0 Å². The summed E-state index contributed by atoms with van der Waals surface area (Å²) in [5, 5.41) is 3.16. The van der Waals surface area contributed by atoms with E-state index in [0.717, 1.165) is 74.4 Å². The molecule has 2 aromatic heterocycles. The summed E-state index contributed by atoms with van der Waals surface area (Å²) in [5.41, 5.74) is 5.49. The third-order valence-corrected chi connectivity index (χ3v) is 5.34. The number of hydrogen-bond acceptors (Lipinski definition) is 6. The first-order valence-corrected chi connectivity index (χ1v) is 9.58. The van der Waals surface area contributed by atoms with Gasteiger partial charge in [-0.1, -0.05) is 12.8 Å². The van der Waals surface area contributed by atoms with Gasteiger partial charge in [0.05, 0.1) is 5.39 Å². The van der Waals surface area contributed by atoms with E-state index < -0.39 is 0 Å². The largest absolute Gasteiger partial charge is 0.352 e. The zero-order valence-electron chi connectivity index (χ0n) is 14.8. The Morgan fingerprint density at radius 3 is 2.54 bits per heavy atom. The molecule has 146 valence electrons. The van der Waals surface area contributed by atoms with Gasteiger partial charge in [-0.05, 0) is 30.8 Å². The molecule has 0 aliphatic carbocycles. The lowest BCUT2D eigenvalue weighted by molar-refractivity contribution is -0.131. The zero-order valence-corrected chi connectivity index (χ0v) is 17.3. The topological polar surface area (TPSA) is 75.4 Å². The number of carbonyl (C=O) groups is 1. The van der Waals surface area contributed by atoms with E-state index >= 15 is 0 Å². The van der Waals surface area contributed by atoms with Gasteiger partial charge < -0.3 is 15.5 Å². The van der Waals surface area contributed by atoms with Crippen molar-refractivity contribution in [2.75, 3.05) is 37.6 Å². The van der Waals surface area contributed by atoms with Crippen LogP contribution in [0.2, 0.25) is 0 Å². The Kier molecular flexibility index (Phi) is 10.2. The number of aromatic nitrogens is 2. The Morgan fingerprint density at radius 1 is 1.08 bits per heavy atom. The highest BCUT2D eigenvalue weighted by atomic mass is 35.5. The summed E-state index contributed by atoms with van der Waals surface area (Å²) in [4.78, 5) is 26.3. The number of rotatable bonds is 7. The fourth-order valence-electron chi connectivity index (χ4n) is 3.13. The molecule has 0 unspecified atom stereocenters. The van der Waals surface area contributed by atoms with E-state index in [-0.39, 0.29) is 30.7 Å². The average Bonchev–Trinajstić information content (AvgIpc) is 3.10. The molecule has 9 heteroatoms. The first-order valence-electron chi connectivity index (χ1n) is 8.70. The molecule has 2 N–H and O–H groups in total. The van der Waals surface area contributed by atoms with E-state index in [9.17, 15) is 4.79 Å². The van der Waals surface area contributed by atoms with Crippen LogP contribution in [0.5, 0.6) is 0 Å². The molecule has 1 saturated heterocycles. The fraction of sp³-hybridized carbons (Fsp3) is 0.588. The van der Waals surface area contributed by atoms with Crippen LogP contribution in [-0.2, 0) is 4.79 Å². The molecule has 0 atom stereocenters. The van der Waals surface area contributed by atoms with Crippen LogP contribution in [0.1, 0.15) is 32.1 Å². The number of carbonyl (C=O) groups excluding carboxylic acids is 1. The van der Waals surface area contributed by atoms with Gasteiger partial charge in [0.2, 0.25) is 5.91 Å². The van der Waals surface area contributed by atoms with Crippen molar-refractivity contribution in [1.29, 1.82) is 0 Å². The van der Waals surface area contributed by atoms with Crippen LogP contribution in [0, 0.1) is 0 Å². The average molecular weight is 420 g/mol. The van der Waals surface area contributed by atoms with Crippen molar-refractivity contribution < 1.29 is 4.79 Å². The minimum absolute atomic E-state index is 0. The minimum atomic E-state index is 0. The van der Waals surface area contributed by atoms with E-state index in [2.05, 4.69) is 20.9 Å². The summed E-state index contributed by atoms with van der Waals surface area (Å²) < 4.78 is 0. The Morgan fingerprint density at radius 2 is 1.81 bits per heavy atom. The summed E-state index contributed by atoms with van der Waals surface area (Å²) in [6.45, 7) is 3.96. The molecule has 2 aromatic rings. The van der Waals surface area contributed by atoms with Crippen molar-refractivity contribution in [3.63, 3.8) is 0 Å². The second kappa shape index (κ2) is 11.5. The van der Waals surface area contributed by atoms with E-state index in [0.29, 0.717) is 6.42 Å². The first kappa shape index (κ1) is 22.9. The predicted molar refractivity (Wildman–Crippen MR) is 113 cm³/mol. The highest BCUT2D eigenvalue weighted by Crippen LogP contribution is 2.27. The molecule has 0 spiro atoms. The van der Waals surface area contributed by atoms with Crippen LogP contribution < -0.4 is 10.6 Å². The zero-order chi connectivity index (χ0) is 16.8. The number of fused-ring (bicyclic) bond motifs is 1. The number of thiophene rings is 1. The van der Waals surface area contributed by atoms with Gasteiger partial charge >= 0.3 is 0 Å². The molecule has 3 rings (SSSR count). The van der Waals surface area contributed by atoms with Gasteiger partial charge in [0.15, 0.2) is 0 Å². The van der Waals surface area contributed by atoms with Crippen molar-refractivity contribution >= 4 is 58.1 Å². The molecule has 1 fully saturated rings. The van der Waals surface area contributed by atoms with Gasteiger partial charge in [0.1, 0.15) is 17.0 Å². The number of anilines is 1. The van der Waals surface area contributed by atoms with Gasteiger partial charge in [-0.15, -0.1) is 36.2 Å². The molecule has 0 bridgehead atoms. The molecule has 0 aromatic carbocycles. The van der Waals surface area contributed by atoms with Crippen LogP contribution in [0.3, 0.4) is 0 Å². The number of piperazine rings is 1. The van der Waals surface area contributed by atoms with Gasteiger partial charge in [-0.25, -0.2) is 9.97 Å². The highest BCUT2D eigenvalue weighted by Gasteiger charge is 2.22. The number of unbranched alkanes of at least 4 members (excludes halogenated alkanes) is 3. The van der Waals surface area contributed by atoms with Gasteiger partial charge in [-0.3, -0.25) is 4.79 Å². The summed E-state index contributed by atoms with van der Waals surface area (Å²) in [6, 6.07) is 2.08. The van der Waals surface area contributed by atoms with Crippen molar-refractivity contribution in [1.82, 2.24) is 14.9 Å². The highest BCUT2D eigenvalue weighted by molar-refractivity contribution is 7.16. The number of nitrogens with two attached hydrogens (primary N) is 1. The van der Waals surface area contributed by atoms with Crippen LogP contribution in [0.15, 0.2) is 17.8 Å². The summed E-state index contributed by atoms with van der Waals surface area (Å²) >= 11 is 1.64. The van der Waals surface area contributed by atoms with Crippen LogP contribution in [-0.4, -0.2) is 53.5 Å². The maximum Gasteiger partial charge on any atom is 0.222 e. The third-order valence-electron chi connectivity index (χ3n) is 4.52. The minimum Gasteiger partial charge on any atom is -0.352 e. The maximum atomic E-state index is 12.3. The van der Waals surface area contributed by atoms with E-state index in [4.69, 9.17) is 5.73 Å². The molecule has 0 radical (unpaired) electrons. The normalized spacial score (nSPS) is 14.0. The molecule has 1 aliphatic heterocycles. The third kappa shape index (κ3) is 5.67.